The van der Waals surface area contributed by atoms with E-state index in [0.717, 1.165) is 0 Å². The Balaban J connectivity index is 4.39. The van der Waals surface area contributed by atoms with Crippen molar-refractivity contribution in [2.45, 2.75) is 30.7 Å². The molecule has 0 bridgehead atoms. The van der Waals surface area contributed by atoms with Gasteiger partial charge in [-0.3, -0.25) is 0 Å². The molecular weight excluding hydrogens is 217 g/mol. The number of hydrogen-bond donors (Lipinski definition) is 0. The van der Waals surface area contributed by atoms with Crippen molar-refractivity contribution in [3.05, 3.63) is 0 Å². The zero-order chi connectivity index (χ0) is 10.7. The van der Waals surface area contributed by atoms with E-state index in [1.807, 2.05) is 0 Å². The van der Waals surface area contributed by atoms with Crippen molar-refractivity contribution in [2.24, 2.45) is 0 Å². The van der Waals surface area contributed by atoms with Gasteiger partial charge in [-0.2, -0.15) is 26.3 Å². The molecule has 0 aromatic heterocycles. The minimum atomic E-state index is -5.36. The first-order valence-corrected chi connectivity index (χ1v) is 5.02. The van der Waals surface area contributed by atoms with E-state index >= 15 is 0 Å². The predicted molar refractivity (Wildman–Crippen MR) is 34.6 cm³/mol. The summed E-state index contributed by atoms with van der Waals surface area (Å²) in [7, 11) is 0. The van der Waals surface area contributed by atoms with Crippen LogP contribution in [-0.2, 0) is 3.79 Å². The maximum Gasteiger partial charge on any atom is 0.436 e. The van der Waals surface area contributed by atoms with Crippen molar-refractivity contribution in [3.8, 4) is 0 Å². The molecule has 0 aliphatic heterocycles. The van der Waals surface area contributed by atoms with E-state index in [9.17, 15) is 26.3 Å². The third-order valence-electron chi connectivity index (χ3n) is 1.08. The fourth-order valence-electron chi connectivity index (χ4n) is 0.610. The van der Waals surface area contributed by atoms with Gasteiger partial charge in [0.05, 0.1) is 0 Å². The van der Waals surface area contributed by atoms with Gasteiger partial charge in [-0.1, -0.05) is 12.2 Å². The lowest BCUT2D eigenvalue weighted by Gasteiger charge is -2.23. The standard InChI is InChI=1S/C3HF6O.C2H5.Al.H/c4-2(5,6)1(10)3(7,8)9;1-2;;/h1H;1H2,2H3;;/q-1;;+1;. The highest BCUT2D eigenvalue weighted by Gasteiger charge is 2.56. The van der Waals surface area contributed by atoms with Crippen LogP contribution in [0.2, 0.25) is 5.28 Å². The monoisotopic (exact) mass is 224 g/mol. The van der Waals surface area contributed by atoms with E-state index in [1.165, 1.54) is 6.92 Å². The Bertz CT molecular complexity index is 138. The first kappa shape index (κ1) is 13.1. The SMILES string of the molecule is C[CH2][AlH][O]C(C(F)(F)F)C(F)(F)F. The van der Waals surface area contributed by atoms with Crippen LogP contribution in [0.4, 0.5) is 26.3 Å². The Morgan fingerprint density at radius 1 is 1.08 bits per heavy atom. The lowest BCUT2D eigenvalue weighted by atomic mass is 10.3. The molecular formula is C5H7AlF6O. The summed E-state index contributed by atoms with van der Waals surface area (Å²) in [6, 6.07) is 0. The van der Waals surface area contributed by atoms with Gasteiger partial charge in [0.15, 0.2) is 0 Å². The van der Waals surface area contributed by atoms with Crippen molar-refractivity contribution in [1.29, 1.82) is 0 Å². The van der Waals surface area contributed by atoms with Gasteiger partial charge in [-0.25, -0.2) is 0 Å². The topological polar surface area (TPSA) is 9.23 Å². The van der Waals surface area contributed by atoms with Crippen LogP contribution in [0.5, 0.6) is 0 Å². The molecule has 8 heteroatoms. The van der Waals surface area contributed by atoms with Gasteiger partial charge in [0.2, 0.25) is 6.10 Å². The summed E-state index contributed by atoms with van der Waals surface area (Å²) < 4.78 is 74.1. The van der Waals surface area contributed by atoms with E-state index in [-0.39, 0.29) is 5.28 Å². The van der Waals surface area contributed by atoms with Crippen molar-refractivity contribution in [1.82, 2.24) is 0 Å². The molecule has 0 spiro atoms. The molecule has 0 unspecified atom stereocenters. The van der Waals surface area contributed by atoms with Crippen molar-refractivity contribution >= 4 is 15.6 Å². The van der Waals surface area contributed by atoms with Crippen molar-refractivity contribution in [3.63, 3.8) is 0 Å². The molecule has 0 saturated carbocycles. The molecule has 0 aliphatic rings. The average molecular weight is 224 g/mol. The van der Waals surface area contributed by atoms with Gasteiger partial charge in [-0.05, 0) is 0 Å². The van der Waals surface area contributed by atoms with E-state index < -0.39 is 34.0 Å². The summed E-state index contributed by atoms with van der Waals surface area (Å²) >= 11 is -1.73. The molecule has 0 heterocycles. The zero-order valence-electron chi connectivity index (χ0n) is 6.67. The van der Waals surface area contributed by atoms with Gasteiger partial charge in [-0.15, -0.1) is 0 Å². The Morgan fingerprint density at radius 3 is 1.69 bits per heavy atom. The molecule has 0 radical (unpaired) electrons. The first-order chi connectivity index (χ1) is 5.69. The summed E-state index contributed by atoms with van der Waals surface area (Å²) in [6.07, 6.45) is -14.3. The lowest BCUT2D eigenvalue weighted by Crippen LogP contribution is -2.44. The molecule has 0 rings (SSSR count). The third-order valence-corrected chi connectivity index (χ3v) is 2.06. The Kier molecular flexibility index (Phi) is 4.56. The zero-order valence-corrected chi connectivity index (χ0v) is 8.08. The number of rotatable bonds is 3. The highest BCUT2D eigenvalue weighted by atomic mass is 27.1. The van der Waals surface area contributed by atoms with Crippen LogP contribution in [0.25, 0.3) is 0 Å². The summed E-state index contributed by atoms with van der Waals surface area (Å²) in [5.74, 6) is 0. The fraction of sp³-hybridized carbons (Fsp3) is 1.00. The maximum absolute atomic E-state index is 11.7. The molecule has 0 saturated heterocycles. The number of hydrogen-bond acceptors (Lipinski definition) is 1. The van der Waals surface area contributed by atoms with Gasteiger partial charge in [0.25, 0.3) is 0 Å². The van der Waals surface area contributed by atoms with Gasteiger partial charge in [0.1, 0.15) is 0 Å². The molecule has 0 aliphatic carbocycles. The van der Waals surface area contributed by atoms with E-state index in [1.54, 1.807) is 0 Å². The van der Waals surface area contributed by atoms with Crippen LogP contribution in [0.15, 0.2) is 0 Å². The average Bonchev–Trinajstić information content (AvgIpc) is 1.81. The number of halogens is 6. The highest BCUT2D eigenvalue weighted by molar-refractivity contribution is 6.26. The number of alkyl halides is 6. The van der Waals surface area contributed by atoms with Gasteiger partial charge < -0.3 is 3.79 Å². The minimum Gasteiger partial charge on any atom is -0.488 e. The molecule has 1 nitrogen and oxygen atoms in total. The predicted octanol–water partition coefficient (Wildman–Crippen LogP) is 2.29. The largest absolute Gasteiger partial charge is 0.488 e. The second-order valence-electron chi connectivity index (χ2n) is 2.33. The fourth-order valence-corrected chi connectivity index (χ4v) is 1.46. The van der Waals surface area contributed by atoms with Crippen molar-refractivity contribution in [2.75, 3.05) is 0 Å². The Labute approximate surface area is 77.1 Å². The first-order valence-electron chi connectivity index (χ1n) is 3.44. The molecule has 0 atom stereocenters. The van der Waals surface area contributed by atoms with Crippen LogP contribution < -0.4 is 0 Å². The van der Waals surface area contributed by atoms with Crippen molar-refractivity contribution < 1.29 is 30.1 Å². The van der Waals surface area contributed by atoms with Crippen LogP contribution in [0.1, 0.15) is 6.92 Å². The molecule has 0 aromatic rings. The maximum atomic E-state index is 11.7. The highest BCUT2D eigenvalue weighted by Crippen LogP contribution is 2.35. The lowest BCUT2D eigenvalue weighted by molar-refractivity contribution is -0.300. The molecule has 0 amide bonds. The summed E-state index contributed by atoms with van der Waals surface area (Å²) in [5.41, 5.74) is 0. The normalized spacial score (nSPS) is 13.5. The van der Waals surface area contributed by atoms with Crippen LogP contribution in [0, 0.1) is 0 Å². The molecule has 0 fully saturated rings. The van der Waals surface area contributed by atoms with Crippen LogP contribution in [-0.4, -0.2) is 34.0 Å². The van der Waals surface area contributed by atoms with E-state index in [4.69, 9.17) is 0 Å². The second-order valence-corrected chi connectivity index (χ2v) is 4.08. The van der Waals surface area contributed by atoms with E-state index in [0.29, 0.717) is 0 Å². The smallest absolute Gasteiger partial charge is 0.436 e. The Morgan fingerprint density at radius 2 is 1.46 bits per heavy atom. The minimum absolute atomic E-state index is 0.239. The summed E-state index contributed by atoms with van der Waals surface area (Å²) in [4.78, 5) is 0. The quantitative estimate of drug-likeness (QED) is 0.527. The molecule has 0 aromatic carbocycles. The molecule has 13 heavy (non-hydrogen) atoms. The van der Waals surface area contributed by atoms with Gasteiger partial charge in [0, 0.05) is 0 Å². The van der Waals surface area contributed by atoms with Gasteiger partial charge >= 0.3 is 27.9 Å². The van der Waals surface area contributed by atoms with Crippen LogP contribution >= 0.6 is 0 Å². The van der Waals surface area contributed by atoms with Crippen LogP contribution in [0.3, 0.4) is 0 Å². The van der Waals surface area contributed by atoms with E-state index in [2.05, 4.69) is 3.79 Å². The molecule has 0 N–H and O–H groups in total. The Hall–Kier alpha value is 0.0725. The second kappa shape index (κ2) is 4.53. The molecule has 78 valence electrons. The summed E-state index contributed by atoms with van der Waals surface area (Å²) in [5, 5.41) is 0.239. The third kappa shape index (κ3) is 4.74. The summed E-state index contributed by atoms with van der Waals surface area (Å²) in [6.45, 7) is 1.48.